The Kier molecular flexibility index (Phi) is 4.23. The number of nitrogen functional groups attached to an aromatic ring is 1. The number of anilines is 2. The third-order valence-electron chi connectivity index (χ3n) is 4.41. The van der Waals surface area contributed by atoms with Crippen molar-refractivity contribution in [1.82, 2.24) is 0 Å². The van der Waals surface area contributed by atoms with Crippen molar-refractivity contribution < 1.29 is 4.74 Å². The van der Waals surface area contributed by atoms with Crippen LogP contribution in [0.3, 0.4) is 0 Å². The molecule has 0 radical (unpaired) electrons. The van der Waals surface area contributed by atoms with Gasteiger partial charge in [-0.15, -0.1) is 0 Å². The van der Waals surface area contributed by atoms with Crippen LogP contribution in [0.1, 0.15) is 29.5 Å². The maximum atomic E-state index is 6.27. The summed E-state index contributed by atoms with van der Waals surface area (Å²) in [5.41, 5.74) is 12.1. The van der Waals surface area contributed by atoms with E-state index in [1.54, 1.807) is 7.11 Å². The van der Waals surface area contributed by atoms with Crippen molar-refractivity contribution >= 4 is 11.4 Å². The highest BCUT2D eigenvalue weighted by atomic mass is 16.5. The summed E-state index contributed by atoms with van der Waals surface area (Å²) < 4.78 is 5.32. The monoisotopic (exact) mass is 296 g/mol. The first-order valence-corrected chi connectivity index (χ1v) is 7.94. The SMILES string of the molecule is COc1ccc(Cc2ccc(N3CCCC3)c(N)c2)cc1C. The second-order valence-electron chi connectivity index (χ2n) is 6.07. The van der Waals surface area contributed by atoms with Crippen LogP contribution in [0, 0.1) is 6.92 Å². The van der Waals surface area contributed by atoms with Crippen LogP contribution in [0.4, 0.5) is 11.4 Å². The lowest BCUT2D eigenvalue weighted by atomic mass is 10.0. The fourth-order valence-electron chi connectivity index (χ4n) is 3.25. The number of nitrogens with two attached hydrogens (primary N) is 1. The molecule has 0 aliphatic carbocycles. The zero-order valence-corrected chi connectivity index (χ0v) is 13.4. The Balaban J connectivity index is 1.78. The minimum atomic E-state index is 0.893. The Morgan fingerprint density at radius 1 is 1.05 bits per heavy atom. The zero-order valence-electron chi connectivity index (χ0n) is 13.4. The quantitative estimate of drug-likeness (QED) is 0.873. The molecule has 0 aromatic heterocycles. The van der Waals surface area contributed by atoms with Gasteiger partial charge < -0.3 is 15.4 Å². The van der Waals surface area contributed by atoms with E-state index in [1.165, 1.54) is 35.2 Å². The number of rotatable bonds is 4. The summed E-state index contributed by atoms with van der Waals surface area (Å²) in [7, 11) is 1.71. The number of nitrogens with zero attached hydrogens (tertiary/aromatic N) is 1. The Hall–Kier alpha value is -2.16. The number of hydrogen-bond donors (Lipinski definition) is 1. The molecule has 3 rings (SSSR count). The van der Waals surface area contributed by atoms with E-state index in [2.05, 4.69) is 42.2 Å². The van der Waals surface area contributed by atoms with Gasteiger partial charge in [-0.05, 0) is 61.1 Å². The molecule has 0 unspecified atom stereocenters. The summed E-state index contributed by atoms with van der Waals surface area (Å²) in [6.45, 7) is 4.33. The highest BCUT2D eigenvalue weighted by molar-refractivity contribution is 5.69. The van der Waals surface area contributed by atoms with Crippen molar-refractivity contribution in [3.8, 4) is 5.75 Å². The second kappa shape index (κ2) is 6.30. The van der Waals surface area contributed by atoms with Gasteiger partial charge in [0.25, 0.3) is 0 Å². The molecule has 1 heterocycles. The van der Waals surface area contributed by atoms with E-state index in [1.807, 2.05) is 6.07 Å². The molecule has 1 aliphatic rings. The average molecular weight is 296 g/mol. The van der Waals surface area contributed by atoms with Crippen LogP contribution in [0.15, 0.2) is 36.4 Å². The zero-order chi connectivity index (χ0) is 15.5. The van der Waals surface area contributed by atoms with E-state index in [9.17, 15) is 0 Å². The van der Waals surface area contributed by atoms with Crippen LogP contribution in [0.25, 0.3) is 0 Å². The maximum absolute atomic E-state index is 6.27. The fraction of sp³-hybridized carbons (Fsp3) is 0.368. The molecule has 3 nitrogen and oxygen atoms in total. The molecule has 0 saturated carbocycles. The summed E-state index contributed by atoms with van der Waals surface area (Å²) in [6, 6.07) is 12.8. The Labute approximate surface area is 132 Å². The van der Waals surface area contributed by atoms with Crippen molar-refractivity contribution in [2.75, 3.05) is 30.8 Å². The van der Waals surface area contributed by atoms with Crippen molar-refractivity contribution in [3.63, 3.8) is 0 Å². The normalized spacial score (nSPS) is 14.4. The van der Waals surface area contributed by atoms with Crippen molar-refractivity contribution in [2.24, 2.45) is 0 Å². The number of benzene rings is 2. The molecular weight excluding hydrogens is 272 g/mol. The van der Waals surface area contributed by atoms with Gasteiger partial charge in [-0.25, -0.2) is 0 Å². The molecular formula is C19H24N2O. The summed E-state index contributed by atoms with van der Waals surface area (Å²) in [4.78, 5) is 2.39. The molecule has 2 N–H and O–H groups in total. The van der Waals surface area contributed by atoms with E-state index in [-0.39, 0.29) is 0 Å². The first-order chi connectivity index (χ1) is 10.7. The summed E-state index contributed by atoms with van der Waals surface area (Å²) in [5.74, 6) is 0.938. The van der Waals surface area contributed by atoms with Gasteiger partial charge in [0.1, 0.15) is 5.75 Å². The molecule has 0 bridgehead atoms. The third kappa shape index (κ3) is 3.03. The fourth-order valence-corrected chi connectivity index (χ4v) is 3.25. The van der Waals surface area contributed by atoms with Crippen LogP contribution in [-0.4, -0.2) is 20.2 Å². The number of aryl methyl sites for hydroxylation is 1. The van der Waals surface area contributed by atoms with Gasteiger partial charge in [-0.1, -0.05) is 18.2 Å². The highest BCUT2D eigenvalue weighted by Gasteiger charge is 2.14. The molecule has 3 heteroatoms. The first-order valence-electron chi connectivity index (χ1n) is 7.94. The lowest BCUT2D eigenvalue weighted by molar-refractivity contribution is 0.411. The summed E-state index contributed by atoms with van der Waals surface area (Å²) in [6.07, 6.45) is 3.44. The molecule has 116 valence electrons. The number of hydrogen-bond acceptors (Lipinski definition) is 3. The molecule has 1 aliphatic heterocycles. The Morgan fingerprint density at radius 2 is 1.73 bits per heavy atom. The van der Waals surface area contributed by atoms with Crippen LogP contribution in [0.2, 0.25) is 0 Å². The third-order valence-corrected chi connectivity index (χ3v) is 4.41. The summed E-state index contributed by atoms with van der Waals surface area (Å²) in [5, 5.41) is 0. The van der Waals surface area contributed by atoms with Crippen molar-refractivity contribution in [1.29, 1.82) is 0 Å². The minimum absolute atomic E-state index is 0.893. The van der Waals surface area contributed by atoms with Crippen molar-refractivity contribution in [3.05, 3.63) is 53.1 Å². The smallest absolute Gasteiger partial charge is 0.121 e. The number of methoxy groups -OCH3 is 1. The highest BCUT2D eigenvalue weighted by Crippen LogP contribution is 2.29. The summed E-state index contributed by atoms with van der Waals surface area (Å²) >= 11 is 0. The molecule has 0 amide bonds. The first kappa shape index (κ1) is 14.8. The van der Waals surface area contributed by atoms with E-state index in [4.69, 9.17) is 10.5 Å². The Morgan fingerprint density at radius 3 is 2.36 bits per heavy atom. The minimum Gasteiger partial charge on any atom is -0.496 e. The molecule has 22 heavy (non-hydrogen) atoms. The standard InChI is InChI=1S/C19H24N2O/c1-14-11-15(6-8-19(14)22-2)12-16-5-7-18(17(20)13-16)21-9-3-4-10-21/h5-8,11,13H,3-4,9-10,12,20H2,1-2H3. The van der Waals surface area contributed by atoms with Gasteiger partial charge in [-0.2, -0.15) is 0 Å². The van der Waals surface area contributed by atoms with Gasteiger partial charge in [-0.3, -0.25) is 0 Å². The molecule has 1 saturated heterocycles. The van der Waals surface area contributed by atoms with E-state index >= 15 is 0 Å². The van der Waals surface area contributed by atoms with Crippen LogP contribution < -0.4 is 15.4 Å². The largest absolute Gasteiger partial charge is 0.496 e. The van der Waals surface area contributed by atoms with Gasteiger partial charge in [0, 0.05) is 13.1 Å². The van der Waals surface area contributed by atoms with E-state index in [0.717, 1.165) is 30.9 Å². The van der Waals surface area contributed by atoms with Gasteiger partial charge >= 0.3 is 0 Å². The van der Waals surface area contributed by atoms with Gasteiger partial charge in [0.15, 0.2) is 0 Å². The van der Waals surface area contributed by atoms with Gasteiger partial charge in [0.05, 0.1) is 18.5 Å². The van der Waals surface area contributed by atoms with Gasteiger partial charge in [0.2, 0.25) is 0 Å². The predicted molar refractivity (Wildman–Crippen MR) is 92.8 cm³/mol. The van der Waals surface area contributed by atoms with Crippen LogP contribution in [0.5, 0.6) is 5.75 Å². The lowest BCUT2D eigenvalue weighted by Gasteiger charge is -2.20. The Bertz CT molecular complexity index is 660. The van der Waals surface area contributed by atoms with Crippen molar-refractivity contribution in [2.45, 2.75) is 26.2 Å². The maximum Gasteiger partial charge on any atom is 0.121 e. The molecule has 0 spiro atoms. The molecule has 2 aromatic carbocycles. The molecule has 0 atom stereocenters. The van der Waals surface area contributed by atoms with Crippen LogP contribution >= 0.6 is 0 Å². The second-order valence-corrected chi connectivity index (χ2v) is 6.07. The lowest BCUT2D eigenvalue weighted by Crippen LogP contribution is -2.19. The van der Waals surface area contributed by atoms with E-state index in [0.29, 0.717) is 0 Å². The number of ether oxygens (including phenoxy) is 1. The average Bonchev–Trinajstić information content (AvgIpc) is 3.01. The van der Waals surface area contributed by atoms with Crippen LogP contribution in [-0.2, 0) is 6.42 Å². The predicted octanol–water partition coefficient (Wildman–Crippen LogP) is 3.78. The van der Waals surface area contributed by atoms with E-state index < -0.39 is 0 Å². The molecule has 1 fully saturated rings. The topological polar surface area (TPSA) is 38.5 Å². The molecule has 2 aromatic rings.